The third-order valence-electron chi connectivity index (χ3n) is 4.44. The lowest BCUT2D eigenvalue weighted by atomic mass is 10.1. The molecule has 2 aliphatic rings. The van der Waals surface area contributed by atoms with Gasteiger partial charge in [0.1, 0.15) is 5.69 Å². The van der Waals surface area contributed by atoms with Crippen molar-refractivity contribution < 1.29 is 9.00 Å². The first-order valence-corrected chi connectivity index (χ1v) is 9.26. The van der Waals surface area contributed by atoms with Gasteiger partial charge in [-0.05, 0) is 50.9 Å². The highest BCUT2D eigenvalue weighted by Crippen LogP contribution is 2.21. The highest BCUT2D eigenvalue weighted by atomic mass is 32.2. The normalized spacial score (nSPS) is 27.4. The van der Waals surface area contributed by atoms with Crippen LogP contribution in [0.2, 0.25) is 0 Å². The van der Waals surface area contributed by atoms with Gasteiger partial charge in [0, 0.05) is 40.6 Å². The molecular weight excluding hydrogens is 286 g/mol. The van der Waals surface area contributed by atoms with E-state index in [0.717, 1.165) is 44.5 Å². The molecule has 0 atom stereocenters. The van der Waals surface area contributed by atoms with Gasteiger partial charge in [-0.1, -0.05) is 0 Å². The van der Waals surface area contributed by atoms with Gasteiger partial charge < -0.3 is 15.2 Å². The van der Waals surface area contributed by atoms with Crippen LogP contribution in [0.5, 0.6) is 0 Å². The van der Waals surface area contributed by atoms with E-state index in [-0.39, 0.29) is 11.9 Å². The summed E-state index contributed by atoms with van der Waals surface area (Å²) in [6.07, 6.45) is 5.80. The Morgan fingerprint density at radius 3 is 2.67 bits per heavy atom. The molecule has 0 bridgehead atoms. The number of nitrogens with zero attached hydrogens (tertiary/aromatic N) is 1. The standard InChI is InChI=1S/C15H23N3O2S/c19-15(17-12-5-10-21(20)11-6-12)14-2-1-9-18(14)13-3-7-16-8-4-13/h1-2,9,12-13,16H,3-8,10-11H2,(H,17,19). The molecule has 21 heavy (non-hydrogen) atoms. The molecule has 2 saturated heterocycles. The minimum atomic E-state index is -0.684. The van der Waals surface area contributed by atoms with Crippen molar-refractivity contribution >= 4 is 16.7 Å². The van der Waals surface area contributed by atoms with Crippen molar-refractivity contribution in [1.82, 2.24) is 15.2 Å². The molecule has 5 nitrogen and oxygen atoms in total. The topological polar surface area (TPSA) is 63.1 Å². The number of piperidine rings is 1. The van der Waals surface area contributed by atoms with Gasteiger partial charge in [0.05, 0.1) is 0 Å². The molecule has 1 aromatic heterocycles. The number of rotatable bonds is 3. The molecule has 6 heteroatoms. The second-order valence-electron chi connectivity index (χ2n) is 5.88. The average Bonchev–Trinajstić information content (AvgIpc) is 3.00. The van der Waals surface area contributed by atoms with Gasteiger partial charge in [0.25, 0.3) is 5.91 Å². The Bertz CT molecular complexity index is 513. The summed E-state index contributed by atoms with van der Waals surface area (Å²) in [7, 11) is -0.684. The molecule has 0 spiro atoms. The molecule has 0 saturated carbocycles. The Morgan fingerprint density at radius 1 is 1.24 bits per heavy atom. The maximum Gasteiger partial charge on any atom is 0.268 e. The Labute approximate surface area is 127 Å². The summed E-state index contributed by atoms with van der Waals surface area (Å²) >= 11 is 0. The van der Waals surface area contributed by atoms with Crippen molar-refractivity contribution in [1.29, 1.82) is 0 Å². The van der Waals surface area contributed by atoms with E-state index in [0.29, 0.717) is 17.5 Å². The Hall–Kier alpha value is -1.14. The zero-order chi connectivity index (χ0) is 14.7. The molecule has 3 heterocycles. The first kappa shape index (κ1) is 14.8. The number of carbonyl (C=O) groups is 1. The van der Waals surface area contributed by atoms with E-state index in [4.69, 9.17) is 0 Å². The number of nitrogens with one attached hydrogen (secondary N) is 2. The lowest BCUT2D eigenvalue weighted by molar-refractivity contribution is 0.0921. The zero-order valence-electron chi connectivity index (χ0n) is 12.2. The minimum absolute atomic E-state index is 0.0104. The molecule has 2 fully saturated rings. The maximum atomic E-state index is 12.5. The van der Waals surface area contributed by atoms with E-state index in [1.165, 1.54) is 0 Å². The van der Waals surface area contributed by atoms with E-state index in [2.05, 4.69) is 15.2 Å². The van der Waals surface area contributed by atoms with Crippen LogP contribution in [0.15, 0.2) is 18.3 Å². The number of aromatic nitrogens is 1. The summed E-state index contributed by atoms with van der Waals surface area (Å²) in [6, 6.07) is 4.44. The van der Waals surface area contributed by atoms with E-state index in [9.17, 15) is 9.00 Å². The third-order valence-corrected chi connectivity index (χ3v) is 5.82. The van der Waals surface area contributed by atoms with Gasteiger partial charge in [-0.15, -0.1) is 0 Å². The molecule has 1 aromatic rings. The highest BCUT2D eigenvalue weighted by Gasteiger charge is 2.23. The Kier molecular flexibility index (Phi) is 4.75. The van der Waals surface area contributed by atoms with Crippen LogP contribution in [-0.2, 0) is 10.8 Å². The Balaban J connectivity index is 1.64. The van der Waals surface area contributed by atoms with Crippen molar-refractivity contribution in [3.8, 4) is 0 Å². The fraction of sp³-hybridized carbons (Fsp3) is 0.667. The summed E-state index contributed by atoms with van der Waals surface area (Å²) < 4.78 is 13.5. The molecule has 0 unspecified atom stereocenters. The lowest BCUT2D eigenvalue weighted by Gasteiger charge is -2.27. The summed E-state index contributed by atoms with van der Waals surface area (Å²) in [5.74, 6) is 1.43. The highest BCUT2D eigenvalue weighted by molar-refractivity contribution is 7.85. The summed E-state index contributed by atoms with van der Waals surface area (Å²) in [6.45, 7) is 2.02. The Morgan fingerprint density at radius 2 is 1.95 bits per heavy atom. The largest absolute Gasteiger partial charge is 0.348 e. The molecule has 2 aliphatic heterocycles. The van der Waals surface area contributed by atoms with Crippen molar-refractivity contribution in [2.75, 3.05) is 24.6 Å². The quantitative estimate of drug-likeness (QED) is 0.877. The summed E-state index contributed by atoms with van der Waals surface area (Å²) in [5, 5.41) is 6.46. The average molecular weight is 309 g/mol. The van der Waals surface area contributed by atoms with Gasteiger partial charge >= 0.3 is 0 Å². The van der Waals surface area contributed by atoms with Crippen LogP contribution < -0.4 is 10.6 Å². The monoisotopic (exact) mass is 309 g/mol. The number of hydrogen-bond donors (Lipinski definition) is 2. The molecule has 0 aliphatic carbocycles. The lowest BCUT2D eigenvalue weighted by Crippen LogP contribution is -2.40. The fourth-order valence-electron chi connectivity index (χ4n) is 3.19. The van der Waals surface area contributed by atoms with Crippen molar-refractivity contribution in [3.05, 3.63) is 24.0 Å². The van der Waals surface area contributed by atoms with E-state index in [1.54, 1.807) is 0 Å². The van der Waals surface area contributed by atoms with Gasteiger partial charge in [-0.2, -0.15) is 0 Å². The van der Waals surface area contributed by atoms with Crippen molar-refractivity contribution in [3.63, 3.8) is 0 Å². The van der Waals surface area contributed by atoms with Gasteiger partial charge in [-0.3, -0.25) is 9.00 Å². The van der Waals surface area contributed by atoms with E-state index in [1.807, 2.05) is 18.3 Å². The van der Waals surface area contributed by atoms with E-state index < -0.39 is 10.8 Å². The van der Waals surface area contributed by atoms with Gasteiger partial charge in [0.2, 0.25) is 0 Å². The first-order chi connectivity index (χ1) is 10.2. The molecule has 1 amide bonds. The van der Waals surface area contributed by atoms with E-state index >= 15 is 0 Å². The third kappa shape index (κ3) is 3.55. The fourth-order valence-corrected chi connectivity index (χ4v) is 4.49. The van der Waals surface area contributed by atoms with Crippen molar-refractivity contribution in [2.45, 2.75) is 37.8 Å². The zero-order valence-corrected chi connectivity index (χ0v) is 13.0. The molecule has 3 rings (SSSR count). The van der Waals surface area contributed by atoms with Crippen LogP contribution >= 0.6 is 0 Å². The maximum absolute atomic E-state index is 12.5. The number of amides is 1. The summed E-state index contributed by atoms with van der Waals surface area (Å²) in [4.78, 5) is 12.5. The second kappa shape index (κ2) is 6.75. The smallest absolute Gasteiger partial charge is 0.268 e. The van der Waals surface area contributed by atoms with Gasteiger partial charge in [-0.25, -0.2) is 0 Å². The molecule has 2 N–H and O–H groups in total. The van der Waals surface area contributed by atoms with Crippen LogP contribution in [0.1, 0.15) is 42.2 Å². The molecular formula is C15H23N3O2S. The SMILES string of the molecule is O=C(NC1CCS(=O)CC1)c1cccn1C1CCNCC1. The summed E-state index contributed by atoms with van der Waals surface area (Å²) in [5.41, 5.74) is 0.758. The predicted molar refractivity (Wildman–Crippen MR) is 83.9 cm³/mol. The second-order valence-corrected chi connectivity index (χ2v) is 7.57. The molecule has 0 aromatic carbocycles. The van der Waals surface area contributed by atoms with Crippen LogP contribution in [0, 0.1) is 0 Å². The van der Waals surface area contributed by atoms with Crippen LogP contribution in [0.25, 0.3) is 0 Å². The predicted octanol–water partition coefficient (Wildman–Crippen LogP) is 1.05. The molecule has 116 valence electrons. The van der Waals surface area contributed by atoms with Crippen LogP contribution in [0.4, 0.5) is 0 Å². The number of carbonyl (C=O) groups excluding carboxylic acids is 1. The minimum Gasteiger partial charge on any atom is -0.348 e. The van der Waals surface area contributed by atoms with Crippen LogP contribution in [-0.4, -0.2) is 45.3 Å². The van der Waals surface area contributed by atoms with Crippen molar-refractivity contribution in [2.24, 2.45) is 0 Å². The number of hydrogen-bond acceptors (Lipinski definition) is 3. The van der Waals surface area contributed by atoms with Gasteiger partial charge in [0.15, 0.2) is 0 Å². The first-order valence-electron chi connectivity index (χ1n) is 7.77. The molecule has 0 radical (unpaired) electrons. The van der Waals surface area contributed by atoms with Crippen LogP contribution in [0.3, 0.4) is 0 Å².